The molecule has 0 saturated carbocycles. The molecular formula is C13H14Cl2N2O3. The first-order valence-electron chi connectivity index (χ1n) is 5.94. The van der Waals surface area contributed by atoms with Crippen molar-refractivity contribution < 1.29 is 15.0 Å². The highest BCUT2D eigenvalue weighted by molar-refractivity contribution is 6.42. The lowest BCUT2D eigenvalue weighted by Gasteiger charge is -2.22. The molecule has 0 aliphatic carbocycles. The van der Waals surface area contributed by atoms with Gasteiger partial charge in [-0.2, -0.15) is 0 Å². The molecule has 2 aromatic rings. The summed E-state index contributed by atoms with van der Waals surface area (Å²) in [7, 11) is 0. The Balaban J connectivity index is 2.76. The largest absolute Gasteiger partial charge is 0.480 e. The lowest BCUT2D eigenvalue weighted by Crippen LogP contribution is -2.28. The fourth-order valence-corrected chi connectivity index (χ4v) is 2.32. The van der Waals surface area contributed by atoms with Gasteiger partial charge in [0.05, 0.1) is 27.7 Å². The molecule has 1 aromatic carbocycles. The molecular weight excluding hydrogens is 303 g/mol. The van der Waals surface area contributed by atoms with Crippen molar-refractivity contribution in [3.8, 4) is 0 Å². The van der Waals surface area contributed by atoms with Gasteiger partial charge in [0.2, 0.25) is 0 Å². The van der Waals surface area contributed by atoms with Crippen LogP contribution in [0, 0.1) is 0 Å². The average molecular weight is 317 g/mol. The van der Waals surface area contributed by atoms with Crippen LogP contribution in [0.2, 0.25) is 10.0 Å². The Hall–Kier alpha value is -1.30. The average Bonchev–Trinajstić information content (AvgIpc) is 2.68. The molecule has 0 spiro atoms. The molecule has 0 saturated heterocycles. The third-order valence-electron chi connectivity index (χ3n) is 3.08. The number of aromatic nitrogens is 2. The van der Waals surface area contributed by atoms with Crippen LogP contribution in [0.1, 0.15) is 19.7 Å². The zero-order valence-corrected chi connectivity index (χ0v) is 12.5. The number of halogens is 2. The Morgan fingerprint density at radius 1 is 1.35 bits per heavy atom. The van der Waals surface area contributed by atoms with Crippen molar-refractivity contribution in [1.82, 2.24) is 9.55 Å². The lowest BCUT2D eigenvalue weighted by molar-refractivity contribution is -0.137. The van der Waals surface area contributed by atoms with Gasteiger partial charge >= 0.3 is 5.97 Å². The molecule has 0 fully saturated rings. The fourth-order valence-electron chi connectivity index (χ4n) is 2.00. The van der Waals surface area contributed by atoms with Crippen LogP contribution in [0.4, 0.5) is 0 Å². The summed E-state index contributed by atoms with van der Waals surface area (Å²) in [4.78, 5) is 15.5. The third kappa shape index (κ3) is 2.61. The SMILES string of the molecule is CC(C)(CO)c1nc2cc(Cl)c(Cl)cc2n1CC(=O)O. The van der Waals surface area contributed by atoms with Gasteiger partial charge in [0.15, 0.2) is 0 Å². The van der Waals surface area contributed by atoms with Gasteiger partial charge in [0.25, 0.3) is 0 Å². The molecule has 0 aliphatic heterocycles. The predicted octanol–water partition coefficient (Wildman–Crippen LogP) is 2.70. The van der Waals surface area contributed by atoms with Gasteiger partial charge in [-0.05, 0) is 12.1 Å². The number of carbonyl (C=O) groups is 1. The van der Waals surface area contributed by atoms with E-state index in [2.05, 4.69) is 4.98 Å². The van der Waals surface area contributed by atoms with Crippen LogP contribution in [-0.2, 0) is 16.8 Å². The summed E-state index contributed by atoms with van der Waals surface area (Å²) >= 11 is 11.9. The third-order valence-corrected chi connectivity index (χ3v) is 3.81. The maximum absolute atomic E-state index is 11.1. The lowest BCUT2D eigenvalue weighted by atomic mass is 9.94. The number of benzene rings is 1. The number of rotatable bonds is 4. The predicted molar refractivity (Wildman–Crippen MR) is 77.5 cm³/mol. The van der Waals surface area contributed by atoms with E-state index < -0.39 is 11.4 Å². The summed E-state index contributed by atoms with van der Waals surface area (Å²) in [6.45, 7) is 3.16. The van der Waals surface area contributed by atoms with Crippen LogP contribution in [0.15, 0.2) is 12.1 Å². The molecule has 0 aliphatic rings. The molecule has 108 valence electrons. The van der Waals surface area contributed by atoms with E-state index >= 15 is 0 Å². The molecule has 7 heteroatoms. The van der Waals surface area contributed by atoms with Crippen LogP contribution in [0.5, 0.6) is 0 Å². The number of aliphatic hydroxyl groups excluding tert-OH is 1. The number of imidazole rings is 1. The van der Waals surface area contributed by atoms with Crippen molar-refractivity contribution in [2.75, 3.05) is 6.61 Å². The van der Waals surface area contributed by atoms with Crippen LogP contribution in [0.3, 0.4) is 0 Å². The number of nitrogens with zero attached hydrogens (tertiary/aromatic N) is 2. The van der Waals surface area contributed by atoms with Crippen molar-refractivity contribution in [2.24, 2.45) is 0 Å². The summed E-state index contributed by atoms with van der Waals surface area (Å²) in [5.41, 5.74) is 0.462. The minimum Gasteiger partial charge on any atom is -0.480 e. The summed E-state index contributed by atoms with van der Waals surface area (Å²) in [6, 6.07) is 3.18. The Morgan fingerprint density at radius 2 is 1.95 bits per heavy atom. The van der Waals surface area contributed by atoms with E-state index in [4.69, 9.17) is 28.3 Å². The minimum atomic E-state index is -0.995. The number of aliphatic hydroxyl groups is 1. The van der Waals surface area contributed by atoms with Crippen LogP contribution >= 0.6 is 23.2 Å². The van der Waals surface area contributed by atoms with Crippen molar-refractivity contribution >= 4 is 40.2 Å². The molecule has 0 unspecified atom stereocenters. The molecule has 2 rings (SSSR count). The highest BCUT2D eigenvalue weighted by Crippen LogP contribution is 2.31. The van der Waals surface area contributed by atoms with E-state index in [0.717, 1.165) is 0 Å². The zero-order chi connectivity index (χ0) is 15.1. The van der Waals surface area contributed by atoms with Crippen LogP contribution in [0.25, 0.3) is 11.0 Å². The number of aliphatic carboxylic acids is 1. The van der Waals surface area contributed by atoms with E-state index in [1.54, 1.807) is 26.0 Å². The van der Waals surface area contributed by atoms with Gasteiger partial charge in [-0.25, -0.2) is 4.98 Å². The maximum atomic E-state index is 11.1. The Labute approximate surface area is 125 Å². The fraction of sp³-hybridized carbons (Fsp3) is 0.385. The highest BCUT2D eigenvalue weighted by Gasteiger charge is 2.28. The molecule has 0 radical (unpaired) electrons. The standard InChI is InChI=1S/C13H14Cl2N2O3/c1-13(2,6-18)12-16-9-3-7(14)8(15)4-10(9)17(12)5-11(19)20/h3-4,18H,5-6H2,1-2H3,(H,19,20). The first-order valence-corrected chi connectivity index (χ1v) is 6.70. The van der Waals surface area contributed by atoms with Gasteiger partial charge in [0.1, 0.15) is 12.4 Å². The molecule has 0 amide bonds. The topological polar surface area (TPSA) is 75.4 Å². The molecule has 1 aromatic heterocycles. The summed E-state index contributed by atoms with van der Waals surface area (Å²) in [6.07, 6.45) is 0. The summed E-state index contributed by atoms with van der Waals surface area (Å²) in [5, 5.41) is 19.2. The Morgan fingerprint density at radius 3 is 2.50 bits per heavy atom. The van der Waals surface area contributed by atoms with Gasteiger partial charge < -0.3 is 14.8 Å². The number of hydrogen-bond acceptors (Lipinski definition) is 3. The normalized spacial score (nSPS) is 12.1. The second-order valence-corrected chi connectivity index (χ2v) is 6.03. The second kappa shape index (κ2) is 5.24. The first-order chi connectivity index (χ1) is 9.26. The zero-order valence-electron chi connectivity index (χ0n) is 11.0. The number of carboxylic acids is 1. The molecule has 0 atom stereocenters. The van der Waals surface area contributed by atoms with E-state index in [9.17, 15) is 9.90 Å². The first kappa shape index (κ1) is 15.1. The number of hydrogen-bond donors (Lipinski definition) is 2. The second-order valence-electron chi connectivity index (χ2n) is 5.21. The van der Waals surface area contributed by atoms with Crippen LogP contribution in [-0.4, -0.2) is 32.3 Å². The van der Waals surface area contributed by atoms with Gasteiger partial charge in [-0.1, -0.05) is 37.0 Å². The van der Waals surface area contributed by atoms with Gasteiger partial charge in [-0.15, -0.1) is 0 Å². The maximum Gasteiger partial charge on any atom is 0.323 e. The molecule has 5 nitrogen and oxygen atoms in total. The van der Waals surface area contributed by atoms with Crippen LogP contribution < -0.4 is 0 Å². The molecule has 0 bridgehead atoms. The van der Waals surface area contributed by atoms with E-state index in [1.165, 1.54) is 4.57 Å². The highest BCUT2D eigenvalue weighted by atomic mass is 35.5. The van der Waals surface area contributed by atoms with Crippen molar-refractivity contribution in [3.63, 3.8) is 0 Å². The number of fused-ring (bicyclic) bond motifs is 1. The van der Waals surface area contributed by atoms with Gasteiger partial charge in [-0.3, -0.25) is 4.79 Å². The Bertz CT molecular complexity index is 680. The quantitative estimate of drug-likeness (QED) is 0.909. The molecule has 1 heterocycles. The summed E-state index contributed by atoms with van der Waals surface area (Å²) < 4.78 is 1.54. The molecule has 2 N–H and O–H groups in total. The summed E-state index contributed by atoms with van der Waals surface area (Å²) in [5.74, 6) is -0.513. The van der Waals surface area contributed by atoms with Crippen molar-refractivity contribution in [1.29, 1.82) is 0 Å². The van der Waals surface area contributed by atoms with Crippen molar-refractivity contribution in [3.05, 3.63) is 28.0 Å². The minimum absolute atomic E-state index is 0.155. The van der Waals surface area contributed by atoms with Crippen molar-refractivity contribution in [2.45, 2.75) is 25.8 Å². The van der Waals surface area contributed by atoms with E-state index in [0.29, 0.717) is 26.9 Å². The monoisotopic (exact) mass is 316 g/mol. The Kier molecular flexibility index (Phi) is 3.95. The van der Waals surface area contributed by atoms with E-state index in [-0.39, 0.29) is 13.2 Å². The number of carboxylic acid groups (broad SMARTS) is 1. The van der Waals surface area contributed by atoms with E-state index in [1.807, 2.05) is 0 Å². The smallest absolute Gasteiger partial charge is 0.323 e. The molecule has 20 heavy (non-hydrogen) atoms. The van der Waals surface area contributed by atoms with Gasteiger partial charge in [0, 0.05) is 5.41 Å².